The molecule has 0 spiro atoms. The lowest BCUT2D eigenvalue weighted by Crippen LogP contribution is -2.37. The molecule has 34 heteroatoms. The molecule has 22 rings (SSSR count). The number of pyridine rings is 1. The fourth-order valence-electron chi connectivity index (χ4n) is 20.9. The highest BCUT2D eigenvalue weighted by molar-refractivity contribution is 5.79. The maximum absolute atomic E-state index is 13.4. The second-order valence-corrected chi connectivity index (χ2v) is 40.6. The second-order valence-electron chi connectivity index (χ2n) is 40.6. The van der Waals surface area contributed by atoms with Gasteiger partial charge in [0.15, 0.2) is 51.6 Å². The Hall–Kier alpha value is -15.0. The minimum absolute atomic E-state index is 0. The molecule has 148 heavy (non-hydrogen) atoms. The number of hydrogen-bond acceptors (Lipinski definition) is 19. The first kappa shape index (κ1) is 106. The molecule has 0 radical (unpaired) electrons. The third-order valence-corrected chi connectivity index (χ3v) is 29.1. The standard InChI is InChI=1S/C29H27F3N6O2.C28H30N8O.2C27H34N6O.3CH4/c1-17(2)21-6-4-5-7-22(21)25-33-12-23-27(35-25)38(28(39)36(23)3)13-18-8-10-19(11-9-18)26-34-24(29(30,31)32)14-37(26)20-15-40-16-20;1-18(2)24-21(7-5-12-29-24)25-30-15-22-27(32-25)36(28(37)34(22)4)16-19-8-10-20(11-9-19)26-31-23(17-33(26)3)35-13-6-14-35;2*1-17(2)22-8-6-7-9-23(22)25-28-15-24-26(29-25)32(27(34)31(24)5)16-20-10-12-21(13-11-20)33-19(4)14-18(3)30-33;;;/h4-12,14,17,20H,13,15-16H2,1-3H3;5,7-12,15,17-18H,6,13-14,16H2,1-4H3;2*6-9,14-15,17,20-21H,10-13,16H2,1-5H3;3*1H4. The Morgan fingerprint density at radius 3 is 1.11 bits per heavy atom. The summed E-state index contributed by atoms with van der Waals surface area (Å²) < 4.78 is 66.9. The molecule has 13 aromatic heterocycles. The number of alkyl halides is 3. The maximum atomic E-state index is 13.4. The largest absolute Gasteiger partial charge is 0.434 e. The van der Waals surface area contributed by atoms with Gasteiger partial charge in [0.05, 0.1) is 86.3 Å². The highest BCUT2D eigenvalue weighted by atomic mass is 19.4. The van der Waals surface area contributed by atoms with Crippen molar-refractivity contribution < 1.29 is 17.9 Å². The van der Waals surface area contributed by atoms with Crippen molar-refractivity contribution >= 4 is 50.5 Å². The number of aromatic nitrogens is 25. The quantitative estimate of drug-likeness (QED) is 0.0608. The van der Waals surface area contributed by atoms with Crippen LogP contribution in [0.4, 0.5) is 19.0 Å². The van der Waals surface area contributed by atoms with Gasteiger partial charge < -0.3 is 18.8 Å². The lowest BCUT2D eigenvalue weighted by atomic mass is 9.86. The number of rotatable bonds is 22. The molecule has 5 aromatic carbocycles. The smallest absolute Gasteiger partial charge is 0.377 e. The summed E-state index contributed by atoms with van der Waals surface area (Å²) in [5.41, 5.74) is 20.5. The van der Waals surface area contributed by atoms with Crippen molar-refractivity contribution in [3.8, 4) is 68.3 Å². The van der Waals surface area contributed by atoms with E-state index in [4.69, 9.17) is 39.9 Å². The predicted octanol–water partition coefficient (Wildman–Crippen LogP) is 21.6. The zero-order valence-corrected chi connectivity index (χ0v) is 85.4. The number of aryl methyl sites for hydroxylation is 9. The number of fused-ring (bicyclic) bond motifs is 4. The Bertz CT molecular complexity index is 7850. The molecule has 2 saturated carbocycles. The molecule has 0 N–H and O–H groups in total. The van der Waals surface area contributed by atoms with Crippen LogP contribution in [0.2, 0.25) is 0 Å². The SMILES string of the molecule is C.C.C.CC(C)c1ccccc1-c1ncc2c(n1)n(Cc1ccc(-c3nc(C(F)(F)F)cn3C3COC3)cc1)c(=O)n2C.CC(C)c1ncccc1-c1ncc2c(n1)n(Cc1ccc(-c3nc(N4CCC4)cn3C)cc1)c(=O)n2C.Cc1cc(C)n(C2CCC(Cn3c(=O)n(C)c4cnc(-c5ccccc5C(C)C)nc43)CC2)n1.Cc1cc(C)n(C2CCC(Cn3c(=O)n(C)c4cnc(-c5ccccc5C(C)C)nc43)CC2)n1. The molecule has 0 unspecified atom stereocenters. The number of benzene rings is 5. The van der Waals surface area contributed by atoms with Crippen LogP contribution in [0.25, 0.3) is 113 Å². The summed E-state index contributed by atoms with van der Waals surface area (Å²) in [7, 11) is 9.09. The van der Waals surface area contributed by atoms with E-state index in [1.807, 2.05) is 78.8 Å². The van der Waals surface area contributed by atoms with Gasteiger partial charge in [-0.2, -0.15) is 23.4 Å². The van der Waals surface area contributed by atoms with Crippen LogP contribution in [-0.2, 0) is 72.3 Å². The number of hydrogen-bond donors (Lipinski definition) is 0. The van der Waals surface area contributed by atoms with Crippen LogP contribution < -0.4 is 27.7 Å². The molecule has 4 fully saturated rings. The number of nitrogens with zero attached hydrogens (tertiary/aromatic N) is 26. The number of halogens is 3. The molecule has 0 bridgehead atoms. The van der Waals surface area contributed by atoms with Crippen LogP contribution in [0.3, 0.4) is 0 Å². The molecule has 2 saturated heterocycles. The molecule has 31 nitrogen and oxygen atoms in total. The van der Waals surface area contributed by atoms with Crippen LogP contribution in [0.1, 0.15) is 239 Å². The van der Waals surface area contributed by atoms with E-state index in [1.165, 1.54) is 38.1 Å². The Morgan fingerprint density at radius 2 is 0.764 bits per heavy atom. The van der Waals surface area contributed by atoms with Gasteiger partial charge in [-0.3, -0.25) is 50.9 Å². The van der Waals surface area contributed by atoms with Gasteiger partial charge in [0.1, 0.15) is 39.5 Å². The third kappa shape index (κ3) is 21.2. The normalized spacial score (nSPS) is 15.9. The van der Waals surface area contributed by atoms with Crippen molar-refractivity contribution in [1.29, 1.82) is 0 Å². The molecule has 2 aliphatic carbocycles. The molecule has 18 aromatic rings. The summed E-state index contributed by atoms with van der Waals surface area (Å²) in [5, 5.41) is 9.40. The van der Waals surface area contributed by atoms with Gasteiger partial charge in [-0.05, 0) is 173 Å². The van der Waals surface area contributed by atoms with Crippen LogP contribution in [0.5, 0.6) is 0 Å². The van der Waals surface area contributed by atoms with Crippen molar-refractivity contribution in [2.24, 2.45) is 47.1 Å². The van der Waals surface area contributed by atoms with Gasteiger partial charge in [-0.25, -0.2) is 69.0 Å². The summed E-state index contributed by atoms with van der Waals surface area (Å²) >= 11 is 0. The van der Waals surface area contributed by atoms with Crippen molar-refractivity contribution in [3.05, 3.63) is 293 Å². The highest BCUT2D eigenvalue weighted by Crippen LogP contribution is 2.41. The van der Waals surface area contributed by atoms with Crippen LogP contribution >= 0.6 is 0 Å². The van der Waals surface area contributed by atoms with Crippen molar-refractivity contribution in [3.63, 3.8) is 0 Å². The average Bonchev–Trinajstić information content (AvgIpc) is 1.62. The van der Waals surface area contributed by atoms with Gasteiger partial charge in [0, 0.05) is 125 Å². The molecule has 0 amide bonds. The zero-order chi connectivity index (χ0) is 102. The molecule has 774 valence electrons. The highest BCUT2D eigenvalue weighted by Gasteiger charge is 2.38. The van der Waals surface area contributed by atoms with Crippen LogP contribution in [-0.4, -0.2) is 146 Å². The van der Waals surface area contributed by atoms with Crippen molar-refractivity contribution in [1.82, 2.24) is 120 Å². The molecule has 0 atom stereocenters. The number of imidazole rings is 6. The Labute approximate surface area is 860 Å². The molecule has 15 heterocycles. The van der Waals surface area contributed by atoms with Crippen LogP contribution in [0.15, 0.2) is 208 Å². The minimum Gasteiger partial charge on any atom is -0.377 e. The van der Waals surface area contributed by atoms with Crippen LogP contribution in [0, 0.1) is 39.5 Å². The van der Waals surface area contributed by atoms with E-state index in [0.717, 1.165) is 166 Å². The first-order chi connectivity index (χ1) is 69.7. The molecule has 4 aliphatic rings. The summed E-state index contributed by atoms with van der Waals surface area (Å²) in [6.07, 6.45) is 17.3. The maximum Gasteiger partial charge on any atom is 0.434 e. The van der Waals surface area contributed by atoms with Crippen molar-refractivity contribution in [2.45, 2.75) is 237 Å². The van der Waals surface area contributed by atoms with E-state index >= 15 is 0 Å². The number of ether oxygens (including phenoxy) is 1. The van der Waals surface area contributed by atoms with Crippen molar-refractivity contribution in [2.75, 3.05) is 31.2 Å². The van der Waals surface area contributed by atoms with Gasteiger partial charge in [-0.15, -0.1) is 0 Å². The molecular weight excluding hydrogens is 1870 g/mol. The van der Waals surface area contributed by atoms with E-state index in [0.29, 0.717) is 120 Å². The monoisotopic (exact) mass is 2010 g/mol. The number of anilines is 1. The fraction of sp³-hybridized carbons (Fsp3) is 0.412. The van der Waals surface area contributed by atoms with E-state index in [1.54, 1.807) is 92.2 Å². The first-order valence-electron chi connectivity index (χ1n) is 50.4. The van der Waals surface area contributed by atoms with Gasteiger partial charge in [0.25, 0.3) is 0 Å². The third-order valence-electron chi connectivity index (χ3n) is 29.1. The Morgan fingerprint density at radius 1 is 0.399 bits per heavy atom. The van der Waals surface area contributed by atoms with Gasteiger partial charge in [0.2, 0.25) is 0 Å². The molecular formula is C114H137F3N26O5. The Kier molecular flexibility index (Phi) is 31.5. The summed E-state index contributed by atoms with van der Waals surface area (Å²) in [5.74, 6) is 6.83. The van der Waals surface area contributed by atoms with Gasteiger partial charge >= 0.3 is 28.9 Å². The first-order valence-corrected chi connectivity index (χ1v) is 50.4. The summed E-state index contributed by atoms with van der Waals surface area (Å²) in [6, 6.07) is 48.7. The van der Waals surface area contributed by atoms with E-state index in [-0.39, 0.29) is 75.3 Å². The van der Waals surface area contributed by atoms with Gasteiger partial charge in [-0.1, -0.05) is 199 Å². The lowest BCUT2D eigenvalue weighted by Gasteiger charge is -2.30. The fourth-order valence-corrected chi connectivity index (χ4v) is 20.9. The zero-order valence-electron chi connectivity index (χ0n) is 85.4. The summed E-state index contributed by atoms with van der Waals surface area (Å²) in [6.45, 7) is 30.4. The van der Waals surface area contributed by atoms with E-state index in [9.17, 15) is 32.3 Å². The molecule has 2 aliphatic heterocycles. The lowest BCUT2D eigenvalue weighted by molar-refractivity contribution is -0.141. The minimum atomic E-state index is -4.55. The topological polar surface area (TPSA) is 307 Å². The average molecular weight is 2010 g/mol. The van der Waals surface area contributed by atoms with E-state index in [2.05, 4.69) is 211 Å². The second kappa shape index (κ2) is 44.0. The Balaban J connectivity index is 0.000000140. The predicted molar refractivity (Wildman–Crippen MR) is 579 cm³/mol. The summed E-state index contributed by atoms with van der Waals surface area (Å²) in [4.78, 5) is 106. The van der Waals surface area contributed by atoms with E-state index < -0.39 is 11.9 Å².